The van der Waals surface area contributed by atoms with Crippen molar-refractivity contribution in [2.45, 2.75) is 17.1 Å². The molecule has 1 aliphatic rings. The number of nitrogens with one attached hydrogen (secondary N) is 3. The number of hydrogen-bond acceptors (Lipinski definition) is 7. The zero-order valence-electron chi connectivity index (χ0n) is 21.4. The molecule has 0 radical (unpaired) electrons. The van der Waals surface area contributed by atoms with Gasteiger partial charge in [0.15, 0.2) is 11.5 Å². The molecule has 0 fully saturated rings. The highest BCUT2D eigenvalue weighted by Crippen LogP contribution is 2.34. The van der Waals surface area contributed by atoms with Gasteiger partial charge in [-0.25, -0.2) is 0 Å². The number of thioether (sulfide) groups is 1. The number of benzene rings is 3. The van der Waals surface area contributed by atoms with Crippen molar-refractivity contribution in [3.8, 4) is 11.5 Å². The van der Waals surface area contributed by atoms with Gasteiger partial charge < -0.3 is 29.8 Å². The summed E-state index contributed by atoms with van der Waals surface area (Å²) in [5.74, 6) is 0.482. The minimum absolute atomic E-state index is 0.0123. The summed E-state index contributed by atoms with van der Waals surface area (Å²) in [4.78, 5) is 39.5. The predicted octanol–water partition coefficient (Wildman–Crippen LogP) is 5.54. The van der Waals surface area contributed by atoms with Crippen LogP contribution in [0.2, 0.25) is 0 Å². The van der Waals surface area contributed by atoms with E-state index in [0.29, 0.717) is 34.2 Å². The molecule has 1 aliphatic heterocycles. The molecule has 10 heteroatoms. The molecular weight excluding hydrogens is 530 g/mol. The van der Waals surface area contributed by atoms with Crippen molar-refractivity contribution in [3.05, 3.63) is 108 Å². The van der Waals surface area contributed by atoms with Gasteiger partial charge in [0.1, 0.15) is 11.5 Å². The van der Waals surface area contributed by atoms with Crippen molar-refractivity contribution >= 4 is 46.9 Å². The Hall–Kier alpha value is -4.96. The van der Waals surface area contributed by atoms with Gasteiger partial charge in [-0.05, 0) is 61.5 Å². The number of fused-ring (bicyclic) bond motifs is 1. The molecule has 0 saturated heterocycles. The van der Waals surface area contributed by atoms with Gasteiger partial charge in [-0.15, -0.1) is 11.8 Å². The first-order chi connectivity index (χ1) is 19.4. The summed E-state index contributed by atoms with van der Waals surface area (Å²) in [6.07, 6.45) is 2.93. The molecule has 40 heavy (non-hydrogen) atoms. The standard InChI is InChI=1S/C30H25N3O6S/c1-19(28(34)31-22-12-13-26-27(16-22)39-18-38-26)40-24-11-5-9-21(15-24)32-30(36)25(17-23-10-6-14-37-23)33-29(35)20-7-3-2-4-8-20/h2-17,19H,18H2,1H3,(H,31,34)(H,32,36)(H,33,35)/b25-17-. The molecular formula is C30H25N3O6S. The summed E-state index contributed by atoms with van der Waals surface area (Å²) in [6.45, 7) is 1.95. The zero-order chi connectivity index (χ0) is 27.9. The quantitative estimate of drug-likeness (QED) is 0.183. The first-order valence-corrected chi connectivity index (χ1v) is 13.2. The van der Waals surface area contributed by atoms with E-state index in [0.717, 1.165) is 4.90 Å². The Morgan fingerprint density at radius 1 is 0.850 bits per heavy atom. The maximum atomic E-state index is 13.2. The van der Waals surface area contributed by atoms with E-state index < -0.39 is 17.1 Å². The molecule has 3 N–H and O–H groups in total. The lowest BCUT2D eigenvalue weighted by molar-refractivity contribution is -0.115. The summed E-state index contributed by atoms with van der Waals surface area (Å²) >= 11 is 1.34. The van der Waals surface area contributed by atoms with E-state index in [1.54, 1.807) is 85.8 Å². The lowest BCUT2D eigenvalue weighted by atomic mass is 10.2. The van der Waals surface area contributed by atoms with E-state index in [1.165, 1.54) is 24.1 Å². The minimum Gasteiger partial charge on any atom is -0.465 e. The Morgan fingerprint density at radius 2 is 1.65 bits per heavy atom. The predicted molar refractivity (Wildman–Crippen MR) is 152 cm³/mol. The number of ether oxygens (including phenoxy) is 2. The lowest BCUT2D eigenvalue weighted by Crippen LogP contribution is -2.30. The van der Waals surface area contributed by atoms with E-state index in [9.17, 15) is 14.4 Å². The van der Waals surface area contributed by atoms with Gasteiger partial charge in [-0.3, -0.25) is 14.4 Å². The molecule has 3 aromatic carbocycles. The van der Waals surface area contributed by atoms with Crippen LogP contribution in [0.15, 0.2) is 106 Å². The van der Waals surface area contributed by atoms with Crippen molar-refractivity contribution < 1.29 is 28.3 Å². The fourth-order valence-electron chi connectivity index (χ4n) is 3.78. The second-order valence-corrected chi connectivity index (χ2v) is 10.1. The molecule has 1 atom stereocenters. The van der Waals surface area contributed by atoms with E-state index >= 15 is 0 Å². The number of anilines is 2. The van der Waals surface area contributed by atoms with E-state index in [4.69, 9.17) is 13.9 Å². The summed E-state index contributed by atoms with van der Waals surface area (Å²) in [6, 6.07) is 24.3. The summed E-state index contributed by atoms with van der Waals surface area (Å²) < 4.78 is 16.0. The Morgan fingerprint density at radius 3 is 2.45 bits per heavy atom. The smallest absolute Gasteiger partial charge is 0.272 e. The van der Waals surface area contributed by atoms with Gasteiger partial charge in [-0.1, -0.05) is 24.3 Å². The van der Waals surface area contributed by atoms with Crippen LogP contribution in [0.1, 0.15) is 23.0 Å². The largest absolute Gasteiger partial charge is 0.465 e. The van der Waals surface area contributed by atoms with Gasteiger partial charge >= 0.3 is 0 Å². The van der Waals surface area contributed by atoms with Crippen LogP contribution in [0.4, 0.5) is 11.4 Å². The van der Waals surface area contributed by atoms with Crippen molar-refractivity contribution in [3.63, 3.8) is 0 Å². The van der Waals surface area contributed by atoms with Gasteiger partial charge in [0.2, 0.25) is 12.7 Å². The first kappa shape index (κ1) is 26.6. The van der Waals surface area contributed by atoms with E-state index in [2.05, 4.69) is 16.0 Å². The number of carbonyl (C=O) groups excluding carboxylic acids is 3. The fraction of sp³-hybridized carbons (Fsp3) is 0.100. The molecule has 4 aromatic rings. The number of carbonyl (C=O) groups is 3. The average Bonchev–Trinajstić information content (AvgIpc) is 3.65. The van der Waals surface area contributed by atoms with Gasteiger partial charge in [0.05, 0.1) is 11.5 Å². The van der Waals surface area contributed by atoms with Crippen molar-refractivity contribution in [2.75, 3.05) is 17.4 Å². The molecule has 202 valence electrons. The summed E-state index contributed by atoms with van der Waals surface area (Å²) in [5.41, 5.74) is 1.53. The zero-order valence-corrected chi connectivity index (χ0v) is 22.2. The third kappa shape index (κ3) is 6.72. The summed E-state index contributed by atoms with van der Waals surface area (Å²) in [5, 5.41) is 7.93. The third-order valence-corrected chi connectivity index (χ3v) is 6.87. The molecule has 1 aromatic heterocycles. The van der Waals surface area contributed by atoms with Crippen LogP contribution >= 0.6 is 11.8 Å². The highest BCUT2D eigenvalue weighted by atomic mass is 32.2. The molecule has 0 saturated carbocycles. The van der Waals surface area contributed by atoms with Gasteiger partial charge in [-0.2, -0.15) is 0 Å². The van der Waals surface area contributed by atoms with Crippen LogP contribution < -0.4 is 25.4 Å². The minimum atomic E-state index is -0.531. The second-order valence-electron chi connectivity index (χ2n) is 8.69. The molecule has 1 unspecified atom stereocenters. The lowest BCUT2D eigenvalue weighted by Gasteiger charge is -2.14. The van der Waals surface area contributed by atoms with E-state index in [-0.39, 0.29) is 18.4 Å². The van der Waals surface area contributed by atoms with Gasteiger partial charge in [0.25, 0.3) is 11.8 Å². The van der Waals surface area contributed by atoms with Crippen LogP contribution in [0.3, 0.4) is 0 Å². The van der Waals surface area contributed by atoms with Gasteiger partial charge in [0, 0.05) is 34.0 Å². The fourth-order valence-corrected chi connectivity index (χ4v) is 4.71. The van der Waals surface area contributed by atoms with Crippen LogP contribution in [0.5, 0.6) is 11.5 Å². The number of rotatable bonds is 9. The van der Waals surface area contributed by atoms with Crippen molar-refractivity contribution in [1.29, 1.82) is 0 Å². The maximum Gasteiger partial charge on any atom is 0.272 e. The monoisotopic (exact) mass is 555 g/mol. The topological polar surface area (TPSA) is 119 Å². The Labute approximate surface area is 234 Å². The number of hydrogen-bond donors (Lipinski definition) is 3. The normalized spacial score (nSPS) is 12.9. The van der Waals surface area contributed by atoms with Crippen molar-refractivity contribution in [2.24, 2.45) is 0 Å². The van der Waals surface area contributed by atoms with Crippen LogP contribution in [-0.4, -0.2) is 29.8 Å². The Balaban J connectivity index is 1.24. The molecule has 0 spiro atoms. The highest BCUT2D eigenvalue weighted by molar-refractivity contribution is 8.00. The molecule has 0 bridgehead atoms. The number of amides is 3. The van der Waals surface area contributed by atoms with Crippen molar-refractivity contribution in [1.82, 2.24) is 5.32 Å². The Bertz CT molecular complexity index is 1550. The maximum absolute atomic E-state index is 13.2. The highest BCUT2D eigenvalue weighted by Gasteiger charge is 2.19. The number of furan rings is 1. The summed E-state index contributed by atoms with van der Waals surface area (Å²) in [7, 11) is 0. The first-order valence-electron chi connectivity index (χ1n) is 12.3. The van der Waals surface area contributed by atoms with E-state index in [1.807, 2.05) is 6.07 Å². The Kier molecular flexibility index (Phi) is 8.17. The molecule has 5 rings (SSSR count). The second kappa shape index (κ2) is 12.3. The molecule has 3 amide bonds. The van der Waals surface area contributed by atoms with Crippen LogP contribution in [0.25, 0.3) is 6.08 Å². The molecule has 0 aliphatic carbocycles. The van der Waals surface area contributed by atoms with Crippen LogP contribution in [-0.2, 0) is 9.59 Å². The molecule has 2 heterocycles. The third-order valence-electron chi connectivity index (χ3n) is 5.77. The molecule has 9 nitrogen and oxygen atoms in total. The average molecular weight is 556 g/mol. The SMILES string of the molecule is CC(Sc1cccc(NC(=O)/C(=C/c2ccco2)NC(=O)c2ccccc2)c1)C(=O)Nc1ccc2c(c1)OCO2. The van der Waals surface area contributed by atoms with Crippen LogP contribution in [0, 0.1) is 0 Å².